The van der Waals surface area contributed by atoms with E-state index < -0.39 is 5.91 Å². The van der Waals surface area contributed by atoms with Crippen LogP contribution in [-0.4, -0.2) is 18.4 Å². The minimum Gasteiger partial charge on any atom is -0.459 e. The number of carbonyl (C=O) groups is 2. The van der Waals surface area contributed by atoms with E-state index in [4.69, 9.17) is 16.0 Å². The van der Waals surface area contributed by atoms with Crippen molar-refractivity contribution in [3.8, 4) is 0 Å². The highest BCUT2D eigenvalue weighted by Gasteiger charge is 2.15. The first kappa shape index (κ1) is 17.0. The average molecular weight is 357 g/mol. The van der Waals surface area contributed by atoms with E-state index in [2.05, 4.69) is 10.6 Å². The molecule has 128 valence electrons. The Balaban J connectivity index is 1.57. The summed E-state index contributed by atoms with van der Waals surface area (Å²) in [7, 11) is 0. The molecule has 0 aliphatic rings. The number of amides is 2. The standard InChI is InChI=1S/C19H17ClN2O3/c1-12(17-10-13-6-2-5-9-16(13)25-17)22-18(23)11-21-19(24)14-7-3-4-8-15(14)20/h2-10,12H,11H2,1H3,(H,21,24)(H,22,23). The van der Waals surface area contributed by atoms with Crippen molar-refractivity contribution in [3.05, 3.63) is 70.9 Å². The van der Waals surface area contributed by atoms with Gasteiger partial charge in [-0.2, -0.15) is 0 Å². The summed E-state index contributed by atoms with van der Waals surface area (Å²) in [5.74, 6) is -0.0440. The number of hydrogen-bond donors (Lipinski definition) is 2. The van der Waals surface area contributed by atoms with Gasteiger partial charge in [0.05, 0.1) is 23.2 Å². The Hall–Kier alpha value is -2.79. The van der Waals surface area contributed by atoms with Crippen molar-refractivity contribution < 1.29 is 14.0 Å². The number of benzene rings is 2. The van der Waals surface area contributed by atoms with Gasteiger partial charge in [0.25, 0.3) is 5.91 Å². The molecule has 1 atom stereocenters. The van der Waals surface area contributed by atoms with Crippen LogP contribution in [0.25, 0.3) is 11.0 Å². The third kappa shape index (κ3) is 4.00. The Kier molecular flexibility index (Phi) is 5.05. The third-order valence-corrected chi connectivity index (χ3v) is 4.11. The van der Waals surface area contributed by atoms with Crippen LogP contribution in [0.2, 0.25) is 5.02 Å². The first-order valence-corrected chi connectivity index (χ1v) is 8.23. The number of carbonyl (C=O) groups excluding carboxylic acids is 2. The number of rotatable bonds is 5. The zero-order valence-corrected chi connectivity index (χ0v) is 14.3. The molecule has 2 amide bonds. The average Bonchev–Trinajstić information content (AvgIpc) is 3.04. The van der Waals surface area contributed by atoms with Crippen molar-refractivity contribution in [1.82, 2.24) is 10.6 Å². The van der Waals surface area contributed by atoms with Crippen LogP contribution in [0.1, 0.15) is 29.1 Å². The molecule has 6 heteroatoms. The fourth-order valence-corrected chi connectivity index (χ4v) is 2.70. The van der Waals surface area contributed by atoms with E-state index in [1.165, 1.54) is 0 Å². The fourth-order valence-electron chi connectivity index (χ4n) is 2.48. The maximum absolute atomic E-state index is 12.1. The highest BCUT2D eigenvalue weighted by molar-refractivity contribution is 6.33. The number of hydrogen-bond acceptors (Lipinski definition) is 3. The molecule has 2 aromatic carbocycles. The van der Waals surface area contributed by atoms with E-state index in [0.717, 1.165) is 11.0 Å². The maximum atomic E-state index is 12.1. The van der Waals surface area contributed by atoms with Crippen molar-refractivity contribution in [3.63, 3.8) is 0 Å². The Morgan fingerprint density at radius 3 is 2.60 bits per heavy atom. The van der Waals surface area contributed by atoms with Crippen LogP contribution in [0.4, 0.5) is 0 Å². The Morgan fingerprint density at radius 2 is 1.84 bits per heavy atom. The second-order valence-corrected chi connectivity index (χ2v) is 6.05. The van der Waals surface area contributed by atoms with Gasteiger partial charge in [0.1, 0.15) is 11.3 Å². The largest absolute Gasteiger partial charge is 0.459 e. The van der Waals surface area contributed by atoms with Crippen LogP contribution in [0.15, 0.2) is 59.0 Å². The quantitative estimate of drug-likeness (QED) is 0.732. The van der Waals surface area contributed by atoms with Gasteiger partial charge in [-0.15, -0.1) is 0 Å². The lowest BCUT2D eigenvalue weighted by atomic mass is 10.2. The van der Waals surface area contributed by atoms with E-state index in [1.54, 1.807) is 24.3 Å². The number of nitrogens with one attached hydrogen (secondary N) is 2. The van der Waals surface area contributed by atoms with Gasteiger partial charge in [-0.05, 0) is 31.2 Å². The maximum Gasteiger partial charge on any atom is 0.253 e. The first-order valence-electron chi connectivity index (χ1n) is 7.85. The molecule has 0 spiro atoms. The molecule has 0 radical (unpaired) electrons. The van der Waals surface area contributed by atoms with Crippen molar-refractivity contribution in [2.75, 3.05) is 6.54 Å². The lowest BCUT2D eigenvalue weighted by molar-refractivity contribution is -0.120. The minimum absolute atomic E-state index is 0.144. The molecule has 0 fully saturated rings. The first-order chi connectivity index (χ1) is 12.0. The molecule has 5 nitrogen and oxygen atoms in total. The van der Waals surface area contributed by atoms with Gasteiger partial charge in [0, 0.05) is 5.39 Å². The Labute approximate surface area is 150 Å². The predicted molar refractivity (Wildman–Crippen MR) is 96.6 cm³/mol. The van der Waals surface area contributed by atoms with Crippen molar-refractivity contribution in [1.29, 1.82) is 0 Å². The monoisotopic (exact) mass is 356 g/mol. The van der Waals surface area contributed by atoms with Crippen molar-refractivity contribution in [2.45, 2.75) is 13.0 Å². The lowest BCUT2D eigenvalue weighted by Gasteiger charge is -2.12. The van der Waals surface area contributed by atoms with E-state index in [-0.39, 0.29) is 18.5 Å². The van der Waals surface area contributed by atoms with Crippen molar-refractivity contribution in [2.24, 2.45) is 0 Å². The van der Waals surface area contributed by atoms with Gasteiger partial charge >= 0.3 is 0 Å². The smallest absolute Gasteiger partial charge is 0.253 e. The molecular weight excluding hydrogens is 340 g/mol. The molecular formula is C19H17ClN2O3. The summed E-state index contributed by atoms with van der Waals surface area (Å²) in [6.45, 7) is 1.68. The van der Waals surface area contributed by atoms with E-state index in [0.29, 0.717) is 16.3 Å². The van der Waals surface area contributed by atoms with Gasteiger partial charge in [0.2, 0.25) is 5.91 Å². The van der Waals surface area contributed by atoms with E-state index in [1.807, 2.05) is 37.3 Å². The highest BCUT2D eigenvalue weighted by atomic mass is 35.5. The van der Waals surface area contributed by atoms with E-state index in [9.17, 15) is 9.59 Å². The molecule has 3 aromatic rings. The molecule has 0 saturated heterocycles. The number of furan rings is 1. The molecule has 0 aliphatic carbocycles. The van der Waals surface area contributed by atoms with Crippen molar-refractivity contribution >= 4 is 34.4 Å². The fraction of sp³-hybridized carbons (Fsp3) is 0.158. The van der Waals surface area contributed by atoms with E-state index >= 15 is 0 Å². The van der Waals surface area contributed by atoms with Gasteiger partial charge in [-0.25, -0.2) is 0 Å². The molecule has 3 rings (SSSR count). The lowest BCUT2D eigenvalue weighted by Crippen LogP contribution is -2.38. The molecule has 0 aliphatic heterocycles. The summed E-state index contributed by atoms with van der Waals surface area (Å²) in [6, 6.07) is 15.9. The van der Waals surface area contributed by atoms with Crippen LogP contribution < -0.4 is 10.6 Å². The summed E-state index contributed by atoms with van der Waals surface area (Å²) in [5, 5.41) is 6.68. The topological polar surface area (TPSA) is 71.3 Å². The van der Waals surface area contributed by atoms with Crippen LogP contribution in [0, 0.1) is 0 Å². The van der Waals surface area contributed by atoms with Gasteiger partial charge in [-0.1, -0.05) is 41.9 Å². The molecule has 0 saturated carbocycles. The third-order valence-electron chi connectivity index (χ3n) is 3.78. The molecule has 1 unspecified atom stereocenters. The molecule has 1 heterocycles. The summed E-state index contributed by atoms with van der Waals surface area (Å²) < 4.78 is 5.72. The Bertz CT molecular complexity index is 887. The molecule has 0 bridgehead atoms. The second kappa shape index (κ2) is 7.40. The Morgan fingerprint density at radius 1 is 1.12 bits per heavy atom. The van der Waals surface area contributed by atoms with Crippen LogP contribution >= 0.6 is 11.6 Å². The number of fused-ring (bicyclic) bond motifs is 1. The molecule has 2 N–H and O–H groups in total. The highest BCUT2D eigenvalue weighted by Crippen LogP contribution is 2.23. The summed E-state index contributed by atoms with van der Waals surface area (Å²) in [6.07, 6.45) is 0. The SMILES string of the molecule is CC(NC(=O)CNC(=O)c1ccccc1Cl)c1cc2ccccc2o1. The predicted octanol–water partition coefficient (Wildman–Crippen LogP) is 3.69. The minimum atomic E-state index is -0.392. The molecule has 25 heavy (non-hydrogen) atoms. The zero-order valence-electron chi connectivity index (χ0n) is 13.6. The van der Waals surface area contributed by atoms with Gasteiger partial charge in [-0.3, -0.25) is 9.59 Å². The summed E-state index contributed by atoms with van der Waals surface area (Å²) in [5.41, 5.74) is 1.10. The zero-order chi connectivity index (χ0) is 17.8. The summed E-state index contributed by atoms with van der Waals surface area (Å²) >= 11 is 5.96. The summed E-state index contributed by atoms with van der Waals surface area (Å²) in [4.78, 5) is 24.1. The van der Waals surface area contributed by atoms with Crippen LogP contribution in [0.5, 0.6) is 0 Å². The number of para-hydroxylation sites is 1. The second-order valence-electron chi connectivity index (χ2n) is 5.64. The van der Waals surface area contributed by atoms with Crippen LogP contribution in [0.3, 0.4) is 0 Å². The van der Waals surface area contributed by atoms with Gasteiger partial charge < -0.3 is 15.1 Å². The number of halogens is 1. The van der Waals surface area contributed by atoms with Gasteiger partial charge in [0.15, 0.2) is 0 Å². The normalized spacial score (nSPS) is 11.9. The molecule has 1 aromatic heterocycles. The van der Waals surface area contributed by atoms with Crippen LogP contribution in [-0.2, 0) is 4.79 Å².